The monoisotopic (exact) mass is 392 g/mol. The molecule has 0 aliphatic carbocycles. The SMILES string of the molecule is Cc1c([N+](=O)[O-])cccc1S(=O)(=O)N(C)CC(=O)N1CCNCC1.Cl. The number of piperazine rings is 1. The highest BCUT2D eigenvalue weighted by molar-refractivity contribution is 7.89. The van der Waals surface area contributed by atoms with E-state index in [-0.39, 0.29) is 41.0 Å². The molecule has 0 atom stereocenters. The molecule has 1 heterocycles. The number of amides is 1. The molecular weight excluding hydrogens is 372 g/mol. The van der Waals surface area contributed by atoms with Gasteiger partial charge in [0.15, 0.2) is 0 Å². The Bertz CT molecular complexity index is 750. The van der Waals surface area contributed by atoms with Crippen molar-refractivity contribution in [2.45, 2.75) is 11.8 Å². The van der Waals surface area contributed by atoms with E-state index in [1.165, 1.54) is 32.2 Å². The Kier molecular flexibility index (Phi) is 7.29. The summed E-state index contributed by atoms with van der Waals surface area (Å²) in [7, 11) is -2.69. The Labute approximate surface area is 152 Å². The molecule has 25 heavy (non-hydrogen) atoms. The molecule has 1 amide bonds. The van der Waals surface area contributed by atoms with Gasteiger partial charge in [0.1, 0.15) is 0 Å². The van der Waals surface area contributed by atoms with Crippen LogP contribution in [0.1, 0.15) is 5.56 Å². The molecule has 1 fully saturated rings. The van der Waals surface area contributed by atoms with Crippen LogP contribution in [0.3, 0.4) is 0 Å². The number of hydrogen-bond acceptors (Lipinski definition) is 6. The minimum absolute atomic E-state index is 0. The van der Waals surface area contributed by atoms with Crippen LogP contribution in [-0.2, 0) is 14.8 Å². The number of rotatable bonds is 5. The Morgan fingerprint density at radius 3 is 2.52 bits per heavy atom. The number of carbonyl (C=O) groups is 1. The van der Waals surface area contributed by atoms with Crippen LogP contribution in [0.5, 0.6) is 0 Å². The van der Waals surface area contributed by atoms with E-state index in [1.54, 1.807) is 4.90 Å². The average Bonchev–Trinajstić information content (AvgIpc) is 2.55. The molecule has 0 spiro atoms. The van der Waals surface area contributed by atoms with Crippen molar-refractivity contribution in [3.63, 3.8) is 0 Å². The molecule has 2 rings (SSSR count). The van der Waals surface area contributed by atoms with Crippen molar-refractivity contribution in [1.82, 2.24) is 14.5 Å². The number of benzene rings is 1. The van der Waals surface area contributed by atoms with E-state index >= 15 is 0 Å². The van der Waals surface area contributed by atoms with Crippen molar-refractivity contribution in [1.29, 1.82) is 0 Å². The van der Waals surface area contributed by atoms with Gasteiger partial charge in [0.05, 0.1) is 16.4 Å². The van der Waals surface area contributed by atoms with Gasteiger partial charge in [-0.15, -0.1) is 12.4 Å². The van der Waals surface area contributed by atoms with Crippen molar-refractivity contribution in [2.75, 3.05) is 39.8 Å². The fourth-order valence-corrected chi connectivity index (χ4v) is 3.90. The van der Waals surface area contributed by atoms with Gasteiger partial charge in [-0.3, -0.25) is 14.9 Å². The van der Waals surface area contributed by atoms with Crippen LogP contribution in [0.25, 0.3) is 0 Å². The number of nitrogens with one attached hydrogen (secondary N) is 1. The van der Waals surface area contributed by atoms with Crippen molar-refractivity contribution < 1.29 is 18.1 Å². The Morgan fingerprint density at radius 2 is 1.96 bits per heavy atom. The van der Waals surface area contributed by atoms with E-state index in [9.17, 15) is 23.3 Å². The third-order valence-electron chi connectivity index (χ3n) is 3.97. The summed E-state index contributed by atoms with van der Waals surface area (Å²) in [5, 5.41) is 14.1. The normalized spacial score (nSPS) is 14.9. The highest BCUT2D eigenvalue weighted by Gasteiger charge is 2.29. The molecule has 1 saturated heterocycles. The van der Waals surface area contributed by atoms with Crippen molar-refractivity contribution >= 4 is 34.0 Å². The molecule has 0 unspecified atom stereocenters. The van der Waals surface area contributed by atoms with Crippen LogP contribution in [0.4, 0.5) is 5.69 Å². The van der Waals surface area contributed by atoms with Gasteiger partial charge in [-0.2, -0.15) is 4.31 Å². The molecule has 1 aromatic carbocycles. The summed E-state index contributed by atoms with van der Waals surface area (Å²) in [5.41, 5.74) is -0.207. The van der Waals surface area contributed by atoms with E-state index in [2.05, 4.69) is 5.32 Å². The van der Waals surface area contributed by atoms with Crippen molar-refractivity contribution in [2.24, 2.45) is 0 Å². The smallest absolute Gasteiger partial charge is 0.273 e. The van der Waals surface area contributed by atoms with Crippen LogP contribution in [-0.4, -0.2) is 68.2 Å². The standard InChI is InChI=1S/C14H20N4O5S.ClH/c1-11-12(18(20)21)4-3-5-13(11)24(22,23)16(2)10-14(19)17-8-6-15-7-9-17;/h3-5,15H,6-10H2,1-2H3;1H. The molecule has 9 nitrogen and oxygen atoms in total. The van der Waals surface area contributed by atoms with Crippen molar-refractivity contribution in [3.05, 3.63) is 33.9 Å². The summed E-state index contributed by atoms with van der Waals surface area (Å²) in [5.74, 6) is -0.286. The molecule has 140 valence electrons. The van der Waals surface area contributed by atoms with Gasteiger partial charge in [-0.1, -0.05) is 6.07 Å². The zero-order valence-electron chi connectivity index (χ0n) is 14.0. The van der Waals surface area contributed by atoms with E-state index in [4.69, 9.17) is 0 Å². The lowest BCUT2D eigenvalue weighted by Gasteiger charge is -2.29. The highest BCUT2D eigenvalue weighted by Crippen LogP contribution is 2.26. The Balaban J connectivity index is 0.00000312. The molecule has 1 aliphatic heterocycles. The van der Waals surface area contributed by atoms with Gasteiger partial charge in [0.25, 0.3) is 5.69 Å². The van der Waals surface area contributed by atoms with E-state index in [0.717, 1.165) is 4.31 Å². The minimum Gasteiger partial charge on any atom is -0.339 e. The first-order valence-corrected chi connectivity index (χ1v) is 8.88. The number of halogens is 1. The number of hydrogen-bond donors (Lipinski definition) is 1. The summed E-state index contributed by atoms with van der Waals surface area (Å²) in [6.07, 6.45) is 0. The predicted molar refractivity (Wildman–Crippen MR) is 94.3 cm³/mol. The number of likely N-dealkylation sites (N-methyl/N-ethyl adjacent to an activating group) is 1. The van der Waals surface area contributed by atoms with Gasteiger partial charge in [-0.05, 0) is 13.0 Å². The lowest BCUT2D eigenvalue weighted by Crippen LogP contribution is -2.49. The molecule has 1 aromatic rings. The maximum Gasteiger partial charge on any atom is 0.273 e. The topological polar surface area (TPSA) is 113 Å². The number of nitro groups is 1. The molecule has 11 heteroatoms. The highest BCUT2D eigenvalue weighted by atomic mass is 35.5. The minimum atomic E-state index is -3.99. The first-order valence-electron chi connectivity index (χ1n) is 7.44. The largest absolute Gasteiger partial charge is 0.339 e. The summed E-state index contributed by atoms with van der Waals surface area (Å²) in [6.45, 7) is 3.49. The maximum absolute atomic E-state index is 12.7. The third-order valence-corrected chi connectivity index (χ3v) is 5.92. The van der Waals surface area contributed by atoms with Crippen LogP contribution in [0, 0.1) is 17.0 Å². The van der Waals surface area contributed by atoms with Gasteiger partial charge in [0.2, 0.25) is 15.9 Å². The second-order valence-corrected chi connectivity index (χ2v) is 7.56. The van der Waals surface area contributed by atoms with E-state index in [1.807, 2.05) is 0 Å². The van der Waals surface area contributed by atoms with Crippen LogP contribution < -0.4 is 5.32 Å². The first kappa shape index (κ1) is 21.3. The van der Waals surface area contributed by atoms with E-state index in [0.29, 0.717) is 26.2 Å². The molecule has 0 bridgehead atoms. The Morgan fingerprint density at radius 1 is 1.36 bits per heavy atom. The van der Waals surface area contributed by atoms with Crippen LogP contribution in [0.2, 0.25) is 0 Å². The lowest BCUT2D eigenvalue weighted by atomic mass is 10.2. The molecule has 0 aromatic heterocycles. The fraction of sp³-hybridized carbons (Fsp3) is 0.500. The summed E-state index contributed by atoms with van der Waals surface area (Å²) in [6, 6.07) is 3.88. The zero-order chi connectivity index (χ0) is 17.9. The van der Waals surface area contributed by atoms with E-state index < -0.39 is 14.9 Å². The number of sulfonamides is 1. The van der Waals surface area contributed by atoms with Gasteiger partial charge in [-0.25, -0.2) is 8.42 Å². The van der Waals surface area contributed by atoms with Gasteiger partial charge < -0.3 is 10.2 Å². The fourth-order valence-electron chi connectivity index (χ4n) is 2.54. The number of nitrogens with zero attached hydrogens (tertiary/aromatic N) is 3. The second kappa shape index (κ2) is 8.56. The third kappa shape index (κ3) is 4.66. The first-order chi connectivity index (χ1) is 11.2. The molecule has 0 radical (unpaired) electrons. The summed E-state index contributed by atoms with van der Waals surface area (Å²) in [4.78, 5) is 24.0. The molecule has 1 N–H and O–H groups in total. The summed E-state index contributed by atoms with van der Waals surface area (Å²) < 4.78 is 26.3. The average molecular weight is 393 g/mol. The zero-order valence-corrected chi connectivity index (χ0v) is 15.6. The molecular formula is C14H21ClN4O5S. The molecule has 1 aliphatic rings. The van der Waals surface area contributed by atoms with Gasteiger partial charge in [0, 0.05) is 44.9 Å². The predicted octanol–water partition coefficient (Wildman–Crippen LogP) is 0.377. The maximum atomic E-state index is 12.7. The quantitative estimate of drug-likeness (QED) is 0.572. The van der Waals surface area contributed by atoms with Crippen molar-refractivity contribution in [3.8, 4) is 0 Å². The summed E-state index contributed by atoms with van der Waals surface area (Å²) >= 11 is 0. The second-order valence-electron chi connectivity index (χ2n) is 5.55. The number of carbonyl (C=O) groups excluding carboxylic acids is 1. The Hall–Kier alpha value is -1.75. The lowest BCUT2D eigenvalue weighted by molar-refractivity contribution is -0.385. The van der Waals surface area contributed by atoms with Gasteiger partial charge >= 0.3 is 0 Å². The van der Waals surface area contributed by atoms with Crippen LogP contribution >= 0.6 is 12.4 Å². The van der Waals surface area contributed by atoms with Crippen LogP contribution in [0.15, 0.2) is 23.1 Å². The number of nitro benzene ring substituents is 1. The molecule has 0 saturated carbocycles.